The van der Waals surface area contributed by atoms with E-state index in [1.165, 1.54) is 7.11 Å². The van der Waals surface area contributed by atoms with Gasteiger partial charge in [0.15, 0.2) is 0 Å². The fourth-order valence-electron chi connectivity index (χ4n) is 3.74. The minimum Gasteiger partial charge on any atom is -0.481 e. The molecule has 0 saturated heterocycles. The Labute approximate surface area is 215 Å². The number of hydrogen-bond donors (Lipinski definition) is 3. The van der Waals surface area contributed by atoms with E-state index >= 15 is 0 Å². The normalized spacial score (nSPS) is 11.5. The molecule has 3 N–H and O–H groups in total. The van der Waals surface area contributed by atoms with Gasteiger partial charge in [-0.1, -0.05) is 66.2 Å². The van der Waals surface area contributed by atoms with Gasteiger partial charge in [0.05, 0.1) is 17.7 Å². The fraction of sp³-hybridized carbons (Fsp3) is 0.250. The summed E-state index contributed by atoms with van der Waals surface area (Å²) in [7, 11) is 1.29. The van der Waals surface area contributed by atoms with Gasteiger partial charge in [0.25, 0.3) is 5.91 Å². The number of carboxylic acids is 1. The summed E-state index contributed by atoms with van der Waals surface area (Å²) in [5, 5.41) is 15.0. The van der Waals surface area contributed by atoms with Crippen LogP contribution in [0.5, 0.6) is 0 Å². The number of rotatable bonds is 12. The average molecular weight is 509 g/mol. The highest BCUT2D eigenvalue weighted by atomic mass is 35.5. The Kier molecular flexibility index (Phi) is 10.0. The summed E-state index contributed by atoms with van der Waals surface area (Å²) in [6, 6.07) is 21.7. The maximum atomic E-state index is 12.7. The van der Waals surface area contributed by atoms with Crippen LogP contribution in [0, 0.1) is 0 Å². The van der Waals surface area contributed by atoms with E-state index in [-0.39, 0.29) is 12.8 Å². The van der Waals surface area contributed by atoms with E-state index in [1.807, 2.05) is 42.5 Å². The predicted octanol–water partition coefficient (Wildman–Crippen LogP) is 4.48. The molecule has 1 amide bonds. The number of ether oxygens (including phenoxy) is 1. The van der Waals surface area contributed by atoms with Gasteiger partial charge in [-0.25, -0.2) is 4.79 Å². The molecule has 0 unspecified atom stereocenters. The lowest BCUT2D eigenvalue weighted by atomic mass is 9.99. The van der Waals surface area contributed by atoms with Crippen LogP contribution in [0.1, 0.15) is 34.3 Å². The van der Waals surface area contributed by atoms with Crippen molar-refractivity contribution in [1.82, 2.24) is 10.6 Å². The van der Waals surface area contributed by atoms with Crippen LogP contribution in [0.15, 0.2) is 72.8 Å². The molecule has 0 aromatic heterocycles. The molecule has 3 aromatic rings. The van der Waals surface area contributed by atoms with Crippen molar-refractivity contribution in [1.29, 1.82) is 0 Å². The second-order valence-electron chi connectivity index (χ2n) is 8.30. The van der Waals surface area contributed by atoms with Crippen molar-refractivity contribution in [2.24, 2.45) is 0 Å². The zero-order valence-electron chi connectivity index (χ0n) is 20.0. The van der Waals surface area contributed by atoms with Gasteiger partial charge in [0.1, 0.15) is 6.04 Å². The summed E-state index contributed by atoms with van der Waals surface area (Å²) >= 11 is 6.11. The minimum absolute atomic E-state index is 0.153. The third kappa shape index (κ3) is 7.93. The van der Waals surface area contributed by atoms with Gasteiger partial charge in [-0.3, -0.25) is 9.59 Å². The van der Waals surface area contributed by atoms with Crippen LogP contribution in [0.2, 0.25) is 5.02 Å². The molecule has 0 aliphatic carbocycles. The standard InChI is InChI=1S/C28H29ClN2O5/c1-36-28(35)25(31-27(34)23-8-2-3-9-24(23)29)17-19-11-13-21(14-12-19)22-7-4-6-20(16-22)18-30-15-5-10-26(32)33/h2-4,6-9,11-14,16,25,30H,5,10,15,17-18H2,1H3,(H,31,34)(H,32,33)/t25-/m0/s1. The summed E-state index contributed by atoms with van der Waals surface area (Å²) in [4.78, 5) is 35.6. The number of carbonyl (C=O) groups is 3. The molecule has 0 fully saturated rings. The van der Waals surface area contributed by atoms with Crippen molar-refractivity contribution in [2.75, 3.05) is 13.7 Å². The first kappa shape index (κ1) is 26.9. The van der Waals surface area contributed by atoms with Gasteiger partial charge in [-0.2, -0.15) is 0 Å². The first-order valence-electron chi connectivity index (χ1n) is 11.6. The van der Waals surface area contributed by atoms with E-state index in [4.69, 9.17) is 21.4 Å². The van der Waals surface area contributed by atoms with Gasteiger partial charge < -0.3 is 20.5 Å². The van der Waals surface area contributed by atoms with E-state index in [2.05, 4.69) is 16.7 Å². The Bertz CT molecular complexity index is 1200. The van der Waals surface area contributed by atoms with E-state index in [0.717, 1.165) is 22.3 Å². The number of hydrogen-bond acceptors (Lipinski definition) is 5. The molecule has 0 bridgehead atoms. The monoisotopic (exact) mass is 508 g/mol. The van der Waals surface area contributed by atoms with Gasteiger partial charge in [-0.05, 0) is 53.4 Å². The largest absolute Gasteiger partial charge is 0.481 e. The van der Waals surface area contributed by atoms with Crippen molar-refractivity contribution in [3.05, 3.63) is 94.5 Å². The number of carbonyl (C=O) groups excluding carboxylic acids is 2. The van der Waals surface area contributed by atoms with E-state index in [9.17, 15) is 14.4 Å². The molecule has 0 saturated carbocycles. The lowest BCUT2D eigenvalue weighted by molar-refractivity contribution is -0.143. The average Bonchev–Trinajstić information content (AvgIpc) is 2.88. The summed E-state index contributed by atoms with van der Waals surface area (Å²) in [6.45, 7) is 1.29. The van der Waals surface area contributed by atoms with E-state index in [1.54, 1.807) is 24.3 Å². The smallest absolute Gasteiger partial charge is 0.328 e. The first-order chi connectivity index (χ1) is 17.4. The molecule has 0 radical (unpaired) electrons. The summed E-state index contributed by atoms with van der Waals surface area (Å²) in [5.74, 6) is -1.77. The number of halogens is 1. The molecule has 8 heteroatoms. The fourth-order valence-corrected chi connectivity index (χ4v) is 3.97. The second-order valence-corrected chi connectivity index (χ2v) is 8.71. The lowest BCUT2D eigenvalue weighted by Crippen LogP contribution is -2.43. The van der Waals surface area contributed by atoms with E-state index < -0.39 is 23.9 Å². The van der Waals surface area contributed by atoms with Crippen LogP contribution in [0.3, 0.4) is 0 Å². The highest BCUT2D eigenvalue weighted by Gasteiger charge is 2.23. The number of carboxylic acid groups (broad SMARTS) is 1. The highest BCUT2D eigenvalue weighted by Crippen LogP contribution is 2.22. The van der Waals surface area contributed by atoms with Gasteiger partial charge >= 0.3 is 11.9 Å². The maximum Gasteiger partial charge on any atom is 0.328 e. The van der Waals surface area contributed by atoms with Crippen LogP contribution in [0.4, 0.5) is 0 Å². The lowest BCUT2D eigenvalue weighted by Gasteiger charge is -2.17. The van der Waals surface area contributed by atoms with Crippen LogP contribution < -0.4 is 10.6 Å². The third-order valence-electron chi connectivity index (χ3n) is 5.64. The Morgan fingerprint density at radius 2 is 1.69 bits per heavy atom. The highest BCUT2D eigenvalue weighted by molar-refractivity contribution is 6.33. The first-order valence-corrected chi connectivity index (χ1v) is 12.0. The molecule has 0 aliphatic rings. The molecule has 0 aliphatic heterocycles. The third-order valence-corrected chi connectivity index (χ3v) is 5.97. The molecule has 36 heavy (non-hydrogen) atoms. The predicted molar refractivity (Wildman–Crippen MR) is 139 cm³/mol. The molecular formula is C28H29ClN2O5. The Hall–Kier alpha value is -3.68. The van der Waals surface area contributed by atoms with Crippen LogP contribution >= 0.6 is 11.6 Å². The summed E-state index contributed by atoms with van der Waals surface area (Å²) in [5.41, 5.74) is 4.31. The summed E-state index contributed by atoms with van der Waals surface area (Å²) < 4.78 is 4.90. The van der Waals surface area contributed by atoms with Crippen molar-refractivity contribution >= 4 is 29.4 Å². The Morgan fingerprint density at radius 1 is 0.944 bits per heavy atom. The molecule has 7 nitrogen and oxygen atoms in total. The summed E-state index contributed by atoms with van der Waals surface area (Å²) in [6.07, 6.45) is 1.01. The number of nitrogens with one attached hydrogen (secondary N) is 2. The molecule has 1 atom stereocenters. The van der Waals surface area contributed by atoms with Gasteiger partial charge in [-0.15, -0.1) is 0 Å². The SMILES string of the molecule is COC(=O)[C@H](Cc1ccc(-c2cccc(CNCCCC(=O)O)c2)cc1)NC(=O)c1ccccc1Cl. The van der Waals surface area contributed by atoms with Crippen molar-refractivity contribution < 1.29 is 24.2 Å². The zero-order chi connectivity index (χ0) is 25.9. The van der Waals surface area contributed by atoms with Gasteiger partial charge in [0.2, 0.25) is 0 Å². The quantitative estimate of drug-likeness (QED) is 0.246. The molecule has 0 heterocycles. The van der Waals surface area contributed by atoms with Crippen molar-refractivity contribution in [3.63, 3.8) is 0 Å². The minimum atomic E-state index is -0.861. The topological polar surface area (TPSA) is 105 Å². The van der Waals surface area contributed by atoms with Gasteiger partial charge in [0, 0.05) is 19.4 Å². The molecule has 188 valence electrons. The zero-order valence-corrected chi connectivity index (χ0v) is 20.8. The molecular weight excluding hydrogens is 480 g/mol. The molecule has 3 aromatic carbocycles. The number of esters is 1. The van der Waals surface area contributed by atoms with Crippen LogP contribution in [-0.4, -0.2) is 42.6 Å². The number of amides is 1. The van der Waals surface area contributed by atoms with Crippen LogP contribution in [0.25, 0.3) is 11.1 Å². The number of aliphatic carboxylic acids is 1. The Morgan fingerprint density at radius 3 is 2.39 bits per heavy atom. The Balaban J connectivity index is 1.64. The van der Waals surface area contributed by atoms with Crippen molar-refractivity contribution in [2.45, 2.75) is 31.8 Å². The van der Waals surface area contributed by atoms with E-state index in [0.29, 0.717) is 30.1 Å². The van der Waals surface area contributed by atoms with Crippen LogP contribution in [-0.2, 0) is 27.3 Å². The maximum absolute atomic E-state index is 12.7. The number of methoxy groups -OCH3 is 1. The second kappa shape index (κ2) is 13.4. The molecule has 3 rings (SSSR count). The molecule has 0 spiro atoms. The number of benzene rings is 3. The van der Waals surface area contributed by atoms with Crippen molar-refractivity contribution in [3.8, 4) is 11.1 Å².